The van der Waals surface area contributed by atoms with Gasteiger partial charge in [-0.2, -0.15) is 9.97 Å². The topological polar surface area (TPSA) is 70.8 Å². The van der Waals surface area contributed by atoms with Crippen LogP contribution in [-0.2, 0) is 0 Å². The van der Waals surface area contributed by atoms with Gasteiger partial charge in [-0.05, 0) is 72.8 Å². The molecule has 14 aromatic rings. The predicted octanol–water partition coefficient (Wildman–Crippen LogP) is 13.4. The molecule has 6 heterocycles. The largest absolute Gasteiger partial charge is 0.295 e. The Labute approximate surface area is 362 Å². The maximum absolute atomic E-state index is 5.27. The molecule has 0 saturated heterocycles. The number of nitrogens with zero attached hydrogens (tertiary/aromatic N) is 8. The first-order chi connectivity index (χ1) is 31.2. The Morgan fingerprint density at radius 1 is 0.365 bits per heavy atom. The van der Waals surface area contributed by atoms with Gasteiger partial charge in [0.25, 0.3) is 0 Å². The summed E-state index contributed by atoms with van der Waals surface area (Å²) in [4.78, 5) is 20.8. The highest BCUT2D eigenvalue weighted by atomic mass is 32.1. The fraction of sp³-hybridized carbons (Fsp3) is 0. The first-order valence-corrected chi connectivity index (χ1v) is 21.8. The van der Waals surface area contributed by atoms with Crippen LogP contribution in [0.4, 0.5) is 0 Å². The maximum atomic E-state index is 5.27. The van der Waals surface area contributed by atoms with Crippen LogP contribution in [0.15, 0.2) is 194 Å². The number of fused-ring (bicyclic) bond motifs is 13. The van der Waals surface area contributed by atoms with Crippen molar-refractivity contribution in [3.05, 3.63) is 194 Å². The van der Waals surface area contributed by atoms with Crippen LogP contribution in [-0.4, -0.2) is 38.0 Å². The second-order valence-electron chi connectivity index (χ2n) is 15.9. The molecule has 8 aromatic carbocycles. The minimum Gasteiger partial charge on any atom is -0.295 e. The van der Waals surface area contributed by atoms with Crippen LogP contribution in [0.3, 0.4) is 0 Å². The molecular formula is C54H32N8S. The summed E-state index contributed by atoms with van der Waals surface area (Å²) in [7, 11) is 0. The lowest BCUT2D eigenvalue weighted by molar-refractivity contribution is 0.933. The van der Waals surface area contributed by atoms with Crippen LogP contribution < -0.4 is 0 Å². The molecule has 0 N–H and O–H groups in total. The van der Waals surface area contributed by atoms with Gasteiger partial charge in [-0.1, -0.05) is 121 Å². The van der Waals surface area contributed by atoms with Crippen LogP contribution in [0.2, 0.25) is 0 Å². The summed E-state index contributed by atoms with van der Waals surface area (Å²) >= 11 is 1.82. The van der Waals surface area contributed by atoms with Crippen LogP contribution in [0, 0.1) is 0 Å². The third-order valence-corrected chi connectivity index (χ3v) is 13.6. The summed E-state index contributed by atoms with van der Waals surface area (Å²) in [5.74, 6) is 2.69. The molecule has 0 aliphatic carbocycles. The number of aromatic nitrogens is 8. The molecule has 294 valence electrons. The van der Waals surface area contributed by atoms with Crippen LogP contribution in [0.5, 0.6) is 0 Å². The summed E-state index contributed by atoms with van der Waals surface area (Å²) in [6.07, 6.45) is 0. The van der Waals surface area contributed by atoms with Crippen molar-refractivity contribution in [2.75, 3.05) is 0 Å². The number of hydrogen-bond acceptors (Lipinski definition) is 5. The molecule has 0 amide bonds. The molecule has 0 aliphatic rings. The third-order valence-electron chi connectivity index (χ3n) is 12.4. The van der Waals surface area contributed by atoms with E-state index >= 15 is 0 Å². The van der Waals surface area contributed by atoms with Crippen LogP contribution >= 0.6 is 11.3 Å². The van der Waals surface area contributed by atoms with Gasteiger partial charge in [0.05, 0.1) is 33.1 Å². The van der Waals surface area contributed by atoms with E-state index in [4.69, 9.17) is 19.9 Å². The molecule has 0 bridgehead atoms. The van der Waals surface area contributed by atoms with E-state index in [0.29, 0.717) is 17.6 Å². The highest BCUT2D eigenvalue weighted by molar-refractivity contribution is 7.25. The molecule has 0 spiro atoms. The Morgan fingerprint density at radius 3 is 1.51 bits per heavy atom. The first-order valence-electron chi connectivity index (χ1n) is 21.0. The molecule has 0 radical (unpaired) electrons. The van der Waals surface area contributed by atoms with Crippen molar-refractivity contribution < 1.29 is 0 Å². The van der Waals surface area contributed by atoms with Gasteiger partial charge in [0.1, 0.15) is 5.65 Å². The zero-order valence-electron chi connectivity index (χ0n) is 33.5. The number of thiophene rings is 1. The van der Waals surface area contributed by atoms with Crippen molar-refractivity contribution in [1.29, 1.82) is 0 Å². The lowest BCUT2D eigenvalue weighted by Crippen LogP contribution is -2.08. The van der Waals surface area contributed by atoms with Gasteiger partial charge in [-0.3, -0.25) is 18.1 Å². The Balaban J connectivity index is 1.04. The summed E-state index contributed by atoms with van der Waals surface area (Å²) in [6.45, 7) is 0. The Morgan fingerprint density at radius 2 is 0.873 bits per heavy atom. The van der Waals surface area contributed by atoms with Crippen molar-refractivity contribution in [2.45, 2.75) is 0 Å². The smallest absolute Gasteiger partial charge is 0.239 e. The normalized spacial score (nSPS) is 12.1. The van der Waals surface area contributed by atoms with E-state index in [9.17, 15) is 0 Å². The van der Waals surface area contributed by atoms with Crippen molar-refractivity contribution in [3.63, 3.8) is 0 Å². The minimum atomic E-state index is 0.557. The molecule has 8 nitrogen and oxygen atoms in total. The summed E-state index contributed by atoms with van der Waals surface area (Å²) in [5, 5.41) is 5.84. The van der Waals surface area contributed by atoms with Gasteiger partial charge >= 0.3 is 0 Å². The van der Waals surface area contributed by atoms with Crippen LogP contribution in [0.25, 0.3) is 121 Å². The van der Waals surface area contributed by atoms with Crippen LogP contribution in [0.1, 0.15) is 0 Å². The van der Waals surface area contributed by atoms with Gasteiger partial charge in [-0.25, -0.2) is 9.97 Å². The zero-order chi connectivity index (χ0) is 41.2. The fourth-order valence-corrected chi connectivity index (χ4v) is 10.8. The molecule has 0 unspecified atom stereocenters. The molecule has 9 heteroatoms. The second-order valence-corrected chi connectivity index (χ2v) is 17.0. The highest BCUT2D eigenvalue weighted by Gasteiger charge is 2.25. The summed E-state index contributed by atoms with van der Waals surface area (Å²) in [6, 6.07) is 68.3. The van der Waals surface area contributed by atoms with Gasteiger partial charge in [0.15, 0.2) is 11.6 Å². The van der Waals surface area contributed by atoms with Crippen molar-refractivity contribution >= 4 is 92.2 Å². The van der Waals surface area contributed by atoms with Crippen molar-refractivity contribution in [1.82, 2.24) is 38.0 Å². The number of para-hydroxylation sites is 6. The Hall–Kier alpha value is -8.40. The summed E-state index contributed by atoms with van der Waals surface area (Å²) in [5.41, 5.74) is 11.4. The van der Waals surface area contributed by atoms with E-state index in [1.807, 2.05) is 47.7 Å². The monoisotopic (exact) mass is 824 g/mol. The lowest BCUT2D eigenvalue weighted by Gasteiger charge is -2.14. The number of rotatable bonds is 5. The van der Waals surface area contributed by atoms with E-state index in [-0.39, 0.29) is 0 Å². The SMILES string of the molecule is c1ccc(-c2nc(-c3ccccc3)nc(-n3c4ccccc4c4c5ccccc5n(-c5ccc6sc7ccc(-n8c9ccccc9n9c%10ccccc%10nc89)cc7c6c5)c43)n2)cc1. The van der Waals surface area contributed by atoms with Gasteiger partial charge in [0.2, 0.25) is 11.7 Å². The number of benzene rings is 8. The average Bonchev–Trinajstić information content (AvgIpc) is 4.15. The van der Waals surface area contributed by atoms with Gasteiger partial charge in [-0.15, -0.1) is 11.3 Å². The summed E-state index contributed by atoms with van der Waals surface area (Å²) < 4.78 is 11.7. The van der Waals surface area contributed by atoms with Crippen molar-refractivity contribution in [2.24, 2.45) is 0 Å². The molecule has 0 saturated carbocycles. The van der Waals surface area contributed by atoms with E-state index in [1.54, 1.807) is 0 Å². The van der Waals surface area contributed by atoms with E-state index in [0.717, 1.165) is 83.2 Å². The molecule has 14 rings (SSSR count). The molecule has 0 fully saturated rings. The number of imidazole rings is 2. The zero-order valence-corrected chi connectivity index (χ0v) is 34.3. The first kappa shape index (κ1) is 34.3. The molecule has 6 aromatic heterocycles. The van der Waals surface area contributed by atoms with Gasteiger partial charge < -0.3 is 0 Å². The quantitative estimate of drug-likeness (QED) is 0.173. The predicted molar refractivity (Wildman–Crippen MR) is 258 cm³/mol. The minimum absolute atomic E-state index is 0.557. The number of hydrogen-bond donors (Lipinski definition) is 0. The second kappa shape index (κ2) is 13.1. The molecule has 63 heavy (non-hydrogen) atoms. The maximum Gasteiger partial charge on any atom is 0.239 e. The average molecular weight is 825 g/mol. The Kier molecular flexibility index (Phi) is 7.11. The highest BCUT2D eigenvalue weighted by Crippen LogP contribution is 2.43. The third kappa shape index (κ3) is 4.96. The molecule has 0 atom stereocenters. The van der Waals surface area contributed by atoms with Crippen molar-refractivity contribution in [3.8, 4) is 40.1 Å². The van der Waals surface area contributed by atoms with Gasteiger partial charge in [0, 0.05) is 58.8 Å². The molecular weight excluding hydrogens is 793 g/mol. The molecule has 0 aliphatic heterocycles. The fourth-order valence-electron chi connectivity index (χ4n) is 9.70. The standard InChI is InChI=1S/C54H32N8S/c1-3-15-33(16-4-1)50-56-51(34-17-5-2-6-18-34)58-53(57-50)62-43-23-11-8-20-38(43)49-37-19-7-10-22-42(37)59(52(49)62)35-27-29-47-39(31-35)40-32-36(28-30-48(40)63-47)60-45-25-13-14-26-46(45)61-44-24-12-9-21-41(44)55-54(60)61/h1-32H. The Bertz CT molecular complexity index is 4090. The van der Waals surface area contributed by atoms with E-state index < -0.39 is 0 Å². The lowest BCUT2D eigenvalue weighted by atomic mass is 10.1. The van der Waals surface area contributed by atoms with E-state index in [1.165, 1.54) is 20.2 Å². The van der Waals surface area contributed by atoms with E-state index in [2.05, 4.69) is 176 Å².